The topological polar surface area (TPSA) is 83.6 Å². The Bertz CT molecular complexity index is 1070. The van der Waals surface area contributed by atoms with Crippen molar-refractivity contribution in [2.45, 2.75) is 13.0 Å². The van der Waals surface area contributed by atoms with Crippen molar-refractivity contribution in [3.05, 3.63) is 81.2 Å². The summed E-state index contributed by atoms with van der Waals surface area (Å²) in [6, 6.07) is 9.39. The summed E-state index contributed by atoms with van der Waals surface area (Å²) in [5, 5.41) is 16.0. The van der Waals surface area contributed by atoms with Crippen molar-refractivity contribution in [3.63, 3.8) is 0 Å². The maximum absolute atomic E-state index is 14.6. The highest BCUT2D eigenvalue weighted by atomic mass is 32.1. The first-order chi connectivity index (χ1) is 13.0. The molecular formula is C19H13FN2O4S. The number of ketones is 1. The zero-order valence-corrected chi connectivity index (χ0v) is 14.9. The van der Waals surface area contributed by atoms with Crippen LogP contribution in [0.4, 0.5) is 10.2 Å². The number of hydrogen-bond donors (Lipinski definition) is 1. The number of benzene rings is 1. The number of amides is 1. The summed E-state index contributed by atoms with van der Waals surface area (Å²) >= 11 is 1.17. The highest BCUT2D eigenvalue weighted by Gasteiger charge is 2.46. The molecule has 1 atom stereocenters. The van der Waals surface area contributed by atoms with Gasteiger partial charge in [-0.1, -0.05) is 29.4 Å². The Labute approximate surface area is 157 Å². The number of Topliss-reactive ketones (excluding diaryl/α,β-unsaturated/α-hetero) is 1. The van der Waals surface area contributed by atoms with E-state index >= 15 is 0 Å². The number of rotatable bonds is 4. The molecule has 0 saturated heterocycles. The lowest BCUT2D eigenvalue weighted by Crippen LogP contribution is -2.31. The van der Waals surface area contributed by atoms with Gasteiger partial charge in [0.25, 0.3) is 5.91 Å². The van der Waals surface area contributed by atoms with Gasteiger partial charge in [-0.3, -0.25) is 14.5 Å². The second-order valence-electron chi connectivity index (χ2n) is 5.96. The summed E-state index contributed by atoms with van der Waals surface area (Å²) in [5.41, 5.74) is -0.108. The Hall–Kier alpha value is -3.26. The third kappa shape index (κ3) is 2.74. The molecule has 0 fully saturated rings. The maximum atomic E-state index is 14.6. The normalized spacial score (nSPS) is 17.0. The molecule has 3 aromatic rings. The molecule has 0 saturated carbocycles. The quantitative estimate of drug-likeness (QED) is 0.688. The molecular weight excluding hydrogens is 371 g/mol. The zero-order valence-electron chi connectivity index (χ0n) is 14.0. The Balaban J connectivity index is 1.91. The summed E-state index contributed by atoms with van der Waals surface area (Å²) < 4.78 is 19.6. The van der Waals surface area contributed by atoms with Gasteiger partial charge in [-0.2, -0.15) is 0 Å². The van der Waals surface area contributed by atoms with Crippen LogP contribution in [0.25, 0.3) is 0 Å². The van der Waals surface area contributed by atoms with E-state index in [4.69, 9.17) is 4.52 Å². The van der Waals surface area contributed by atoms with Crippen molar-refractivity contribution in [3.8, 4) is 0 Å². The predicted molar refractivity (Wildman–Crippen MR) is 96.2 cm³/mol. The average molecular weight is 384 g/mol. The van der Waals surface area contributed by atoms with E-state index in [0.29, 0.717) is 10.6 Å². The summed E-state index contributed by atoms with van der Waals surface area (Å²) in [6.45, 7) is 1.64. The van der Waals surface area contributed by atoms with Gasteiger partial charge in [0.05, 0.1) is 16.5 Å². The summed E-state index contributed by atoms with van der Waals surface area (Å²) in [7, 11) is 0. The summed E-state index contributed by atoms with van der Waals surface area (Å²) in [6.07, 6.45) is 0. The number of anilines is 1. The van der Waals surface area contributed by atoms with E-state index in [2.05, 4.69) is 5.16 Å². The highest BCUT2D eigenvalue weighted by Crippen LogP contribution is 2.42. The second kappa shape index (κ2) is 6.48. The Kier molecular flexibility index (Phi) is 4.12. The summed E-state index contributed by atoms with van der Waals surface area (Å²) in [5.74, 6) is -2.17. The van der Waals surface area contributed by atoms with Gasteiger partial charge in [0.15, 0.2) is 11.6 Å². The van der Waals surface area contributed by atoms with Crippen LogP contribution in [0.1, 0.15) is 27.0 Å². The van der Waals surface area contributed by atoms with Crippen LogP contribution < -0.4 is 4.90 Å². The lowest BCUT2D eigenvalue weighted by atomic mass is 9.95. The largest absolute Gasteiger partial charge is 0.503 e. The van der Waals surface area contributed by atoms with Crippen molar-refractivity contribution in [1.29, 1.82) is 0 Å². The Morgan fingerprint density at radius 2 is 2.07 bits per heavy atom. The number of nitrogens with zero attached hydrogens (tertiary/aromatic N) is 2. The van der Waals surface area contributed by atoms with E-state index in [-0.39, 0.29) is 17.0 Å². The van der Waals surface area contributed by atoms with Crippen LogP contribution in [0.5, 0.6) is 0 Å². The maximum Gasteiger partial charge on any atom is 0.295 e. The number of thiophene rings is 1. The minimum Gasteiger partial charge on any atom is -0.503 e. The van der Waals surface area contributed by atoms with Crippen molar-refractivity contribution in [2.75, 3.05) is 4.90 Å². The minimum atomic E-state index is -1.15. The highest BCUT2D eigenvalue weighted by molar-refractivity contribution is 7.12. The molecule has 1 aliphatic heterocycles. The minimum absolute atomic E-state index is 0.0791. The van der Waals surface area contributed by atoms with Crippen LogP contribution in [0.3, 0.4) is 0 Å². The van der Waals surface area contributed by atoms with Gasteiger partial charge in [-0.15, -0.1) is 11.3 Å². The van der Waals surface area contributed by atoms with Crippen LogP contribution in [0, 0.1) is 12.7 Å². The molecule has 4 rings (SSSR count). The Morgan fingerprint density at radius 3 is 2.70 bits per heavy atom. The lowest BCUT2D eigenvalue weighted by molar-refractivity contribution is -0.117. The second-order valence-corrected chi connectivity index (χ2v) is 6.91. The van der Waals surface area contributed by atoms with Gasteiger partial charge in [0.2, 0.25) is 5.78 Å². The van der Waals surface area contributed by atoms with E-state index in [1.807, 2.05) is 0 Å². The molecule has 3 heterocycles. The molecule has 0 spiro atoms. The van der Waals surface area contributed by atoms with Crippen molar-refractivity contribution in [1.82, 2.24) is 5.16 Å². The zero-order chi connectivity index (χ0) is 19.1. The van der Waals surface area contributed by atoms with Crippen LogP contribution >= 0.6 is 11.3 Å². The van der Waals surface area contributed by atoms with E-state index in [1.165, 1.54) is 35.6 Å². The molecule has 1 aliphatic rings. The van der Waals surface area contributed by atoms with Crippen LogP contribution in [-0.4, -0.2) is 22.0 Å². The number of halogens is 1. The fraction of sp³-hybridized carbons (Fsp3) is 0.105. The number of carbonyl (C=O) groups is 2. The van der Waals surface area contributed by atoms with Gasteiger partial charge in [-0.25, -0.2) is 4.39 Å². The third-order valence-electron chi connectivity index (χ3n) is 4.26. The van der Waals surface area contributed by atoms with Gasteiger partial charge in [-0.05, 0) is 24.4 Å². The van der Waals surface area contributed by atoms with Gasteiger partial charge in [0.1, 0.15) is 11.6 Å². The molecule has 1 amide bonds. The van der Waals surface area contributed by atoms with Gasteiger partial charge in [0, 0.05) is 11.6 Å². The Morgan fingerprint density at radius 1 is 1.30 bits per heavy atom. The molecule has 0 bridgehead atoms. The average Bonchev–Trinajstić information content (AvgIpc) is 3.37. The number of carbonyl (C=O) groups excluding carboxylic acids is 2. The standard InChI is InChI=1S/C19H13FN2O4S/c1-10-9-14(21-26-10)22-16(11-5-2-3-6-12(11)20)15(18(24)19(22)25)17(23)13-7-4-8-27-13/h2-9,16,24H,1H3. The first kappa shape index (κ1) is 17.2. The number of aromatic nitrogens is 1. The molecule has 0 radical (unpaired) electrons. The van der Waals surface area contributed by atoms with E-state index in [9.17, 15) is 19.1 Å². The molecule has 6 nitrogen and oxygen atoms in total. The van der Waals surface area contributed by atoms with Crippen molar-refractivity contribution in [2.24, 2.45) is 0 Å². The number of aryl methyl sites for hydroxylation is 1. The molecule has 2 aromatic heterocycles. The predicted octanol–water partition coefficient (Wildman–Crippen LogP) is 3.97. The molecule has 1 unspecified atom stereocenters. The van der Waals surface area contributed by atoms with Crippen molar-refractivity contribution >= 4 is 28.8 Å². The molecule has 1 aromatic carbocycles. The number of aliphatic hydroxyl groups is 1. The smallest absolute Gasteiger partial charge is 0.295 e. The monoisotopic (exact) mass is 384 g/mol. The molecule has 136 valence electrons. The lowest BCUT2D eigenvalue weighted by Gasteiger charge is -2.24. The van der Waals surface area contributed by atoms with Gasteiger partial charge < -0.3 is 9.63 Å². The molecule has 0 aliphatic carbocycles. The van der Waals surface area contributed by atoms with E-state index < -0.39 is 29.3 Å². The molecule has 8 heteroatoms. The fourth-order valence-electron chi connectivity index (χ4n) is 3.07. The van der Waals surface area contributed by atoms with Crippen LogP contribution in [0.2, 0.25) is 0 Å². The van der Waals surface area contributed by atoms with Crippen LogP contribution in [0.15, 0.2) is 63.7 Å². The van der Waals surface area contributed by atoms with E-state index in [0.717, 1.165) is 4.90 Å². The first-order valence-corrected chi connectivity index (χ1v) is 8.89. The number of aliphatic hydroxyl groups excluding tert-OH is 1. The molecule has 27 heavy (non-hydrogen) atoms. The SMILES string of the molecule is Cc1cc(N2C(=O)C(O)=C(C(=O)c3cccs3)C2c2ccccc2F)no1. The fourth-order valence-corrected chi connectivity index (χ4v) is 3.75. The van der Waals surface area contributed by atoms with Crippen LogP contribution in [-0.2, 0) is 4.79 Å². The first-order valence-electron chi connectivity index (χ1n) is 8.01. The van der Waals surface area contributed by atoms with Crippen molar-refractivity contribution < 1.29 is 23.6 Å². The van der Waals surface area contributed by atoms with Gasteiger partial charge >= 0.3 is 0 Å². The third-order valence-corrected chi connectivity index (χ3v) is 5.13. The van der Waals surface area contributed by atoms with E-state index in [1.54, 1.807) is 30.5 Å². The summed E-state index contributed by atoms with van der Waals surface area (Å²) in [4.78, 5) is 27.2. The number of hydrogen-bond acceptors (Lipinski definition) is 6. The molecule has 1 N–H and O–H groups in total.